The van der Waals surface area contributed by atoms with Gasteiger partial charge in [-0.1, -0.05) is 102 Å². The number of rotatable bonds is 7. The second kappa shape index (κ2) is 12.7. The van der Waals surface area contributed by atoms with Gasteiger partial charge in [-0.05, 0) is 69.6 Å². The van der Waals surface area contributed by atoms with Gasteiger partial charge < -0.3 is 10.1 Å². The third-order valence-corrected chi connectivity index (χ3v) is 9.99. The average molecular weight is 749 g/mol. The van der Waals surface area contributed by atoms with Crippen LogP contribution in [0.5, 0.6) is 0 Å². The number of carbonyl (C=O) groups is 1. The molecule has 0 unspecified atom stereocenters. The molecule has 43 heavy (non-hydrogen) atoms. The van der Waals surface area contributed by atoms with E-state index in [4.69, 9.17) is 4.98 Å². The quantitative estimate of drug-likeness (QED) is 0.0581. The Balaban J connectivity index is 0.000000210. The molecule has 1 radical (unpaired) electrons. The standard InChI is InChI=1S/C24H14N.C15H28O2.Ir/c1-14-9-10-17-19-8-4-7-18-15-5-2-3-6-16(15)20-11-12-25-24(21(17)13-14)23(20)22(18)19;1-7-14(5,8-2)12(16)11-13(17)15(6,9-3)10-4;/h2-12H,1H3;11,16H,7-10H2,1-6H3;/q-1;;/b;12-11-;. The van der Waals surface area contributed by atoms with Crippen molar-refractivity contribution in [2.24, 2.45) is 10.8 Å². The van der Waals surface area contributed by atoms with Crippen molar-refractivity contribution < 1.29 is 30.0 Å². The van der Waals surface area contributed by atoms with E-state index in [1.54, 1.807) is 0 Å². The maximum absolute atomic E-state index is 12.2. The molecule has 1 heterocycles. The molecule has 5 aromatic carbocycles. The predicted octanol–water partition coefficient (Wildman–Crippen LogP) is 11.0. The fraction of sp³-hybridized carbons (Fsp3) is 0.333. The van der Waals surface area contributed by atoms with Gasteiger partial charge in [0, 0.05) is 43.2 Å². The maximum atomic E-state index is 12.2. The first-order valence-corrected chi connectivity index (χ1v) is 15.3. The monoisotopic (exact) mass is 749 g/mol. The molecule has 0 fully saturated rings. The molecule has 1 N–H and O–H groups in total. The summed E-state index contributed by atoms with van der Waals surface area (Å²) in [6.07, 6.45) is 6.69. The van der Waals surface area contributed by atoms with Gasteiger partial charge in [-0.2, -0.15) is 0 Å². The minimum absolute atomic E-state index is 0. The summed E-state index contributed by atoms with van der Waals surface area (Å²) < 4.78 is 0. The van der Waals surface area contributed by atoms with Gasteiger partial charge in [-0.15, -0.1) is 29.1 Å². The van der Waals surface area contributed by atoms with Gasteiger partial charge in [-0.3, -0.25) is 4.79 Å². The number of hydrogen-bond acceptors (Lipinski definition) is 3. The SMILES string of the molecule is CCC(C)(CC)C(=O)/C=C(\O)C(C)(CC)CC.Cc1[c-]c2c(cc1)c1cccc3c4ccccc4c4ccnc2c4c13.[Ir]. The Morgan fingerprint density at radius 1 is 0.744 bits per heavy atom. The van der Waals surface area contributed by atoms with E-state index < -0.39 is 0 Å². The van der Waals surface area contributed by atoms with Crippen molar-refractivity contribution in [1.29, 1.82) is 0 Å². The van der Waals surface area contributed by atoms with Gasteiger partial charge in [0.1, 0.15) is 5.76 Å². The maximum Gasteiger partial charge on any atom is 0.164 e. The van der Waals surface area contributed by atoms with Gasteiger partial charge in [0.15, 0.2) is 5.78 Å². The van der Waals surface area contributed by atoms with E-state index in [1.807, 2.05) is 47.7 Å². The van der Waals surface area contributed by atoms with Crippen LogP contribution in [0.3, 0.4) is 0 Å². The molecule has 0 bridgehead atoms. The summed E-state index contributed by atoms with van der Waals surface area (Å²) in [5, 5.41) is 21.6. The van der Waals surface area contributed by atoms with Crippen LogP contribution in [0, 0.1) is 23.8 Å². The van der Waals surface area contributed by atoms with Gasteiger partial charge in [0.05, 0.1) is 0 Å². The molecule has 0 aliphatic rings. The molecular formula is C39H42IrNO2-. The van der Waals surface area contributed by atoms with E-state index in [9.17, 15) is 9.90 Å². The van der Waals surface area contributed by atoms with E-state index in [1.165, 1.54) is 49.2 Å². The third-order valence-electron chi connectivity index (χ3n) is 9.99. The number of nitrogens with zero attached hydrogens (tertiary/aromatic N) is 1. The summed E-state index contributed by atoms with van der Waals surface area (Å²) in [7, 11) is 0. The second-order valence-electron chi connectivity index (χ2n) is 12.2. The van der Waals surface area contributed by atoms with Crippen LogP contribution in [0.25, 0.3) is 54.0 Å². The number of aliphatic hydroxyl groups excluding tert-OH is 1. The molecule has 0 saturated carbocycles. The molecule has 6 aromatic rings. The predicted molar refractivity (Wildman–Crippen MR) is 180 cm³/mol. The van der Waals surface area contributed by atoms with Crippen molar-refractivity contribution in [3.8, 4) is 0 Å². The molecule has 3 nitrogen and oxygen atoms in total. The zero-order valence-electron chi connectivity index (χ0n) is 26.4. The number of hydrogen-bond donors (Lipinski definition) is 1. The first-order chi connectivity index (χ1) is 20.1. The second-order valence-corrected chi connectivity index (χ2v) is 12.2. The van der Waals surface area contributed by atoms with Crippen LogP contribution in [-0.4, -0.2) is 15.9 Å². The Kier molecular flexibility index (Phi) is 9.64. The van der Waals surface area contributed by atoms with Gasteiger partial charge in [0.2, 0.25) is 0 Å². The van der Waals surface area contributed by atoms with Crippen LogP contribution in [0.1, 0.15) is 72.8 Å². The number of ketones is 1. The number of pyridine rings is 1. The topological polar surface area (TPSA) is 50.2 Å². The minimum Gasteiger partial charge on any atom is -0.512 e. The first kappa shape index (κ1) is 32.6. The average Bonchev–Trinajstić information content (AvgIpc) is 3.03. The van der Waals surface area contributed by atoms with Crippen LogP contribution < -0.4 is 0 Å². The molecule has 1 aromatic heterocycles. The number of fused-ring (bicyclic) bond motifs is 6. The van der Waals surface area contributed by atoms with Crippen LogP contribution in [-0.2, 0) is 24.9 Å². The van der Waals surface area contributed by atoms with E-state index in [0.29, 0.717) is 0 Å². The van der Waals surface area contributed by atoms with Crippen molar-refractivity contribution in [1.82, 2.24) is 4.98 Å². The van der Waals surface area contributed by atoms with Gasteiger partial charge in [0.25, 0.3) is 0 Å². The van der Waals surface area contributed by atoms with Crippen LogP contribution in [0.4, 0.5) is 0 Å². The van der Waals surface area contributed by atoms with E-state index >= 15 is 0 Å². The Labute approximate surface area is 269 Å². The van der Waals surface area contributed by atoms with E-state index in [2.05, 4.69) is 73.7 Å². The summed E-state index contributed by atoms with van der Waals surface area (Å²) in [5.41, 5.74) is 1.61. The van der Waals surface area contributed by atoms with Gasteiger partial charge >= 0.3 is 0 Å². The summed E-state index contributed by atoms with van der Waals surface area (Å²) in [6, 6.07) is 25.4. The normalized spacial score (nSPS) is 12.6. The summed E-state index contributed by atoms with van der Waals surface area (Å²) >= 11 is 0. The fourth-order valence-corrected chi connectivity index (χ4v) is 6.04. The molecule has 0 amide bonds. The molecule has 0 aliphatic heterocycles. The Morgan fingerprint density at radius 3 is 1.86 bits per heavy atom. The zero-order valence-corrected chi connectivity index (χ0v) is 28.8. The first-order valence-electron chi connectivity index (χ1n) is 15.3. The van der Waals surface area contributed by atoms with Crippen molar-refractivity contribution in [2.45, 2.75) is 74.1 Å². The fourth-order valence-electron chi connectivity index (χ4n) is 6.04. The van der Waals surface area contributed by atoms with Gasteiger partial charge in [-0.25, -0.2) is 0 Å². The molecule has 0 atom stereocenters. The smallest absolute Gasteiger partial charge is 0.164 e. The van der Waals surface area contributed by atoms with E-state index in [0.717, 1.165) is 42.1 Å². The zero-order chi connectivity index (χ0) is 30.2. The molecule has 0 spiro atoms. The molecule has 6 rings (SSSR count). The Bertz CT molecular complexity index is 1950. The number of allylic oxidation sites excluding steroid dienone is 2. The Morgan fingerprint density at radius 2 is 1.28 bits per heavy atom. The van der Waals surface area contributed by atoms with Crippen molar-refractivity contribution >= 4 is 59.8 Å². The summed E-state index contributed by atoms with van der Waals surface area (Å²) in [5.74, 6) is 0.286. The molecule has 0 saturated heterocycles. The number of benzene rings is 5. The van der Waals surface area contributed by atoms with Crippen LogP contribution in [0.2, 0.25) is 0 Å². The number of aromatic nitrogens is 1. The number of carbonyl (C=O) groups excluding carboxylic acids is 1. The Hall–Kier alpha value is -3.33. The van der Waals surface area contributed by atoms with Crippen LogP contribution >= 0.6 is 0 Å². The molecule has 0 aliphatic carbocycles. The molecular weight excluding hydrogens is 707 g/mol. The summed E-state index contributed by atoms with van der Waals surface area (Å²) in [4.78, 5) is 17.0. The van der Waals surface area contributed by atoms with Crippen molar-refractivity contribution in [3.63, 3.8) is 0 Å². The number of aryl methyl sites for hydroxylation is 1. The largest absolute Gasteiger partial charge is 0.512 e. The van der Waals surface area contributed by atoms with E-state index in [-0.39, 0.29) is 42.5 Å². The van der Waals surface area contributed by atoms with Crippen LogP contribution in [0.15, 0.2) is 78.7 Å². The van der Waals surface area contributed by atoms with Crippen molar-refractivity contribution in [2.75, 3.05) is 0 Å². The molecule has 4 heteroatoms. The summed E-state index contributed by atoms with van der Waals surface area (Å²) in [6.45, 7) is 14.2. The minimum atomic E-state index is -0.337. The molecule has 225 valence electrons. The van der Waals surface area contributed by atoms with Crippen molar-refractivity contribution in [3.05, 3.63) is 90.3 Å². The third kappa shape index (κ3) is 5.56. The number of aliphatic hydroxyl groups is 1.